The van der Waals surface area contributed by atoms with Crippen molar-refractivity contribution < 1.29 is 9.53 Å². The molecule has 1 aromatic carbocycles. The molecule has 2 N–H and O–H groups in total. The molecule has 7 nitrogen and oxygen atoms in total. The molecule has 0 saturated carbocycles. The molecular weight excluding hydrogens is 398 g/mol. The van der Waals surface area contributed by atoms with Crippen LogP contribution in [0.1, 0.15) is 18.9 Å². The lowest BCUT2D eigenvalue weighted by Crippen LogP contribution is -2.53. The molecule has 2 heterocycles. The van der Waals surface area contributed by atoms with Crippen molar-refractivity contribution in [2.45, 2.75) is 19.8 Å². The third-order valence-electron chi connectivity index (χ3n) is 5.73. The second kappa shape index (κ2) is 12.2. The number of carbonyl (C=O) groups excluding carboxylic acids is 1. The van der Waals surface area contributed by atoms with E-state index in [0.717, 1.165) is 89.2 Å². The van der Waals surface area contributed by atoms with E-state index < -0.39 is 0 Å². The Balaban J connectivity index is 1.31. The van der Waals surface area contributed by atoms with E-state index in [4.69, 9.17) is 17.0 Å². The third-order valence-corrected chi connectivity index (χ3v) is 6.13. The number of ether oxygens (including phenoxy) is 1. The standard InChI is InChI=1S/C22H35N5O2S/c1-2-19-6-3-4-7-20(19)24-21(28)18-26-10-12-27(13-11-26)22(30)23-8-5-9-25-14-16-29-17-15-25/h3-4,6-7H,2,5,8-18H2,1H3,(H,23,30)(H,24,28). The Morgan fingerprint density at radius 1 is 1.07 bits per heavy atom. The summed E-state index contributed by atoms with van der Waals surface area (Å²) in [6.07, 6.45) is 1.99. The SMILES string of the molecule is CCc1ccccc1NC(=O)CN1CCN(C(=S)NCCCN2CCOCC2)CC1. The highest BCUT2D eigenvalue weighted by Crippen LogP contribution is 2.15. The van der Waals surface area contributed by atoms with Crippen molar-refractivity contribution in [2.75, 3.05) is 77.4 Å². The van der Waals surface area contributed by atoms with Crippen LogP contribution in [0.2, 0.25) is 0 Å². The summed E-state index contributed by atoms with van der Waals surface area (Å²) in [5.41, 5.74) is 2.09. The summed E-state index contributed by atoms with van der Waals surface area (Å²) in [4.78, 5) is 19.3. The lowest BCUT2D eigenvalue weighted by molar-refractivity contribution is -0.117. The molecule has 0 bridgehead atoms. The number of aryl methyl sites for hydroxylation is 1. The molecule has 8 heteroatoms. The predicted octanol–water partition coefficient (Wildman–Crippen LogP) is 1.40. The number of nitrogens with zero attached hydrogens (tertiary/aromatic N) is 3. The number of thiocarbonyl (C=S) groups is 1. The van der Waals surface area contributed by atoms with Gasteiger partial charge in [0.15, 0.2) is 5.11 Å². The van der Waals surface area contributed by atoms with Gasteiger partial charge in [0, 0.05) is 51.5 Å². The van der Waals surface area contributed by atoms with Crippen LogP contribution >= 0.6 is 12.2 Å². The minimum absolute atomic E-state index is 0.0492. The number of nitrogens with one attached hydrogen (secondary N) is 2. The van der Waals surface area contributed by atoms with Gasteiger partial charge in [-0.2, -0.15) is 0 Å². The zero-order valence-electron chi connectivity index (χ0n) is 18.1. The van der Waals surface area contributed by atoms with Gasteiger partial charge in [-0.05, 0) is 43.2 Å². The van der Waals surface area contributed by atoms with Gasteiger partial charge in [-0.1, -0.05) is 25.1 Å². The number of para-hydroxylation sites is 1. The number of anilines is 1. The maximum Gasteiger partial charge on any atom is 0.238 e. The maximum atomic E-state index is 12.5. The molecule has 2 aliphatic rings. The van der Waals surface area contributed by atoms with Crippen LogP contribution in [-0.4, -0.2) is 97.8 Å². The molecule has 0 aliphatic carbocycles. The highest BCUT2D eigenvalue weighted by atomic mass is 32.1. The van der Waals surface area contributed by atoms with Crippen molar-refractivity contribution in [1.82, 2.24) is 20.0 Å². The summed E-state index contributed by atoms with van der Waals surface area (Å²) < 4.78 is 5.38. The van der Waals surface area contributed by atoms with Gasteiger partial charge in [-0.15, -0.1) is 0 Å². The van der Waals surface area contributed by atoms with Crippen LogP contribution in [0.15, 0.2) is 24.3 Å². The molecule has 0 unspecified atom stereocenters. The fourth-order valence-corrected chi connectivity index (χ4v) is 4.17. The van der Waals surface area contributed by atoms with Crippen LogP contribution < -0.4 is 10.6 Å². The lowest BCUT2D eigenvalue weighted by atomic mass is 10.1. The fourth-order valence-electron chi connectivity index (χ4n) is 3.89. The number of hydrogen-bond donors (Lipinski definition) is 2. The van der Waals surface area contributed by atoms with Crippen LogP contribution in [0.3, 0.4) is 0 Å². The maximum absolute atomic E-state index is 12.5. The molecular formula is C22H35N5O2S. The molecule has 3 rings (SSSR count). The molecule has 2 saturated heterocycles. The summed E-state index contributed by atoms with van der Waals surface area (Å²) in [5, 5.41) is 7.29. The fraction of sp³-hybridized carbons (Fsp3) is 0.636. The minimum Gasteiger partial charge on any atom is -0.379 e. The van der Waals surface area contributed by atoms with Crippen LogP contribution in [0, 0.1) is 0 Å². The number of hydrogen-bond acceptors (Lipinski definition) is 5. The molecule has 166 valence electrons. The molecule has 1 aromatic rings. The Kier molecular flexibility index (Phi) is 9.32. The van der Waals surface area contributed by atoms with Crippen LogP contribution in [0.5, 0.6) is 0 Å². The topological polar surface area (TPSA) is 60.1 Å². The number of rotatable bonds is 8. The van der Waals surface area contributed by atoms with E-state index in [1.807, 2.05) is 18.2 Å². The lowest BCUT2D eigenvalue weighted by Gasteiger charge is -2.36. The monoisotopic (exact) mass is 433 g/mol. The van der Waals surface area contributed by atoms with E-state index in [0.29, 0.717) is 6.54 Å². The predicted molar refractivity (Wildman–Crippen MR) is 125 cm³/mol. The van der Waals surface area contributed by atoms with Gasteiger partial charge in [0.2, 0.25) is 5.91 Å². The highest BCUT2D eigenvalue weighted by Gasteiger charge is 2.21. The van der Waals surface area contributed by atoms with Crippen molar-refractivity contribution >= 4 is 28.9 Å². The summed E-state index contributed by atoms with van der Waals surface area (Å²) in [5.74, 6) is 0.0492. The van der Waals surface area contributed by atoms with Crippen molar-refractivity contribution in [2.24, 2.45) is 0 Å². The summed E-state index contributed by atoms with van der Waals surface area (Å²) >= 11 is 5.57. The van der Waals surface area contributed by atoms with E-state index in [1.54, 1.807) is 0 Å². The Labute approximate surface area is 185 Å². The average molecular weight is 434 g/mol. The Morgan fingerprint density at radius 2 is 1.80 bits per heavy atom. The summed E-state index contributed by atoms with van der Waals surface area (Å²) in [7, 11) is 0. The number of piperazine rings is 1. The molecule has 0 spiro atoms. The first-order valence-corrected chi connectivity index (χ1v) is 11.5. The van der Waals surface area contributed by atoms with Crippen molar-refractivity contribution in [3.63, 3.8) is 0 Å². The molecule has 1 amide bonds. The quantitative estimate of drug-likeness (QED) is 0.475. The number of benzene rings is 1. The van der Waals surface area contributed by atoms with E-state index >= 15 is 0 Å². The largest absolute Gasteiger partial charge is 0.379 e. The second-order valence-electron chi connectivity index (χ2n) is 7.86. The number of morpholine rings is 1. The first kappa shape index (κ1) is 22.9. The van der Waals surface area contributed by atoms with E-state index in [1.165, 1.54) is 5.56 Å². The van der Waals surface area contributed by atoms with Crippen LogP contribution in [0.25, 0.3) is 0 Å². The van der Waals surface area contributed by atoms with Crippen molar-refractivity contribution in [1.29, 1.82) is 0 Å². The number of amides is 1. The summed E-state index contributed by atoms with van der Waals surface area (Å²) in [6.45, 7) is 11.7. The van der Waals surface area contributed by atoms with Gasteiger partial charge >= 0.3 is 0 Å². The molecule has 0 radical (unpaired) electrons. The zero-order valence-corrected chi connectivity index (χ0v) is 18.9. The van der Waals surface area contributed by atoms with Crippen LogP contribution in [-0.2, 0) is 16.0 Å². The normalized spacial score (nSPS) is 18.2. The highest BCUT2D eigenvalue weighted by molar-refractivity contribution is 7.80. The molecule has 2 aliphatic heterocycles. The third kappa shape index (κ3) is 7.19. The van der Waals surface area contributed by atoms with E-state index in [2.05, 4.69) is 38.3 Å². The van der Waals surface area contributed by atoms with Gasteiger partial charge in [-0.3, -0.25) is 14.6 Å². The zero-order chi connectivity index (χ0) is 21.2. The first-order chi connectivity index (χ1) is 14.7. The van der Waals surface area contributed by atoms with Crippen molar-refractivity contribution in [3.05, 3.63) is 29.8 Å². The Hall–Kier alpha value is -1.74. The average Bonchev–Trinajstić information content (AvgIpc) is 2.78. The van der Waals surface area contributed by atoms with Crippen molar-refractivity contribution in [3.8, 4) is 0 Å². The van der Waals surface area contributed by atoms with Gasteiger partial charge in [-0.25, -0.2) is 0 Å². The summed E-state index contributed by atoms with van der Waals surface area (Å²) in [6, 6.07) is 8.00. The minimum atomic E-state index is 0.0492. The number of carbonyl (C=O) groups is 1. The van der Waals surface area contributed by atoms with Gasteiger partial charge < -0.3 is 20.3 Å². The van der Waals surface area contributed by atoms with Gasteiger partial charge in [0.05, 0.1) is 19.8 Å². The molecule has 0 aromatic heterocycles. The van der Waals surface area contributed by atoms with Crippen LogP contribution in [0.4, 0.5) is 5.69 Å². The van der Waals surface area contributed by atoms with Gasteiger partial charge in [0.25, 0.3) is 0 Å². The smallest absolute Gasteiger partial charge is 0.238 e. The van der Waals surface area contributed by atoms with Gasteiger partial charge in [0.1, 0.15) is 0 Å². The molecule has 30 heavy (non-hydrogen) atoms. The Morgan fingerprint density at radius 3 is 2.53 bits per heavy atom. The van der Waals surface area contributed by atoms with E-state index in [-0.39, 0.29) is 5.91 Å². The molecule has 2 fully saturated rings. The van der Waals surface area contributed by atoms with E-state index in [9.17, 15) is 4.79 Å². The molecule has 0 atom stereocenters. The second-order valence-corrected chi connectivity index (χ2v) is 8.25. The Bertz CT molecular complexity index is 688. The first-order valence-electron chi connectivity index (χ1n) is 11.1.